The molecule has 1 atom stereocenters. The van der Waals surface area contributed by atoms with Crippen LogP contribution in [0.3, 0.4) is 0 Å². The van der Waals surface area contributed by atoms with Crippen molar-refractivity contribution in [3.63, 3.8) is 0 Å². The maximum absolute atomic E-state index is 13.7. The van der Waals surface area contributed by atoms with Crippen LogP contribution in [0.1, 0.15) is 84.4 Å². The SMILES string of the molecule is Cc1cc2c(cc1C)N(CC1CCCCC1)CCC[C@@H]2N(Cc1cc(C(F)(F)F)cc(C(F)(F)F)c1)c1nnn(C)n1. The van der Waals surface area contributed by atoms with Gasteiger partial charge < -0.3 is 9.80 Å². The van der Waals surface area contributed by atoms with Gasteiger partial charge in [-0.2, -0.15) is 31.1 Å². The van der Waals surface area contributed by atoms with Crippen molar-refractivity contribution in [2.24, 2.45) is 13.0 Å². The van der Waals surface area contributed by atoms with Gasteiger partial charge in [-0.1, -0.05) is 30.4 Å². The van der Waals surface area contributed by atoms with Crippen LogP contribution in [0, 0.1) is 19.8 Å². The predicted octanol–water partition coefficient (Wildman–Crippen LogP) is 7.79. The van der Waals surface area contributed by atoms with Crippen molar-refractivity contribution in [1.29, 1.82) is 0 Å². The summed E-state index contributed by atoms with van der Waals surface area (Å²) in [5.41, 5.74) is 1.40. The lowest BCUT2D eigenvalue weighted by Gasteiger charge is -2.34. The number of alkyl halides is 6. The molecule has 0 saturated heterocycles. The van der Waals surface area contributed by atoms with Gasteiger partial charge in [-0.25, -0.2) is 0 Å². The highest BCUT2D eigenvalue weighted by Crippen LogP contribution is 2.42. The Morgan fingerprint density at radius 2 is 1.48 bits per heavy atom. The smallest absolute Gasteiger partial charge is 0.371 e. The van der Waals surface area contributed by atoms with Crippen molar-refractivity contribution in [3.8, 4) is 0 Å². The second-order valence-corrected chi connectivity index (χ2v) is 11.7. The summed E-state index contributed by atoms with van der Waals surface area (Å²) >= 11 is 0. The number of aromatic nitrogens is 4. The standard InChI is InChI=1S/C30H36F6N6/c1-19-12-25-26(10-7-11-41(27(25)13-20(19)2)17-21-8-5-4-6-9-21)42(28-37-39-40(3)38-28)18-22-14-23(29(31,32)33)16-24(15-22)30(34,35)36/h12-16,21,26H,4-11,17-18H2,1-3H3/t26-/m0/s1. The van der Waals surface area contributed by atoms with Crippen LogP contribution >= 0.6 is 0 Å². The molecule has 2 aromatic carbocycles. The van der Waals surface area contributed by atoms with Crippen LogP contribution in [-0.4, -0.2) is 33.3 Å². The minimum absolute atomic E-state index is 0.127. The lowest BCUT2D eigenvalue weighted by molar-refractivity contribution is -0.143. The zero-order chi connectivity index (χ0) is 30.2. The number of fused-ring (bicyclic) bond motifs is 1. The Balaban J connectivity index is 1.59. The van der Waals surface area contributed by atoms with E-state index in [9.17, 15) is 26.3 Å². The van der Waals surface area contributed by atoms with Gasteiger partial charge >= 0.3 is 12.4 Å². The zero-order valence-electron chi connectivity index (χ0n) is 24.1. The Hall–Kier alpha value is -3.31. The molecule has 2 heterocycles. The highest BCUT2D eigenvalue weighted by atomic mass is 19.4. The Morgan fingerprint density at radius 3 is 2.07 bits per heavy atom. The molecule has 2 aliphatic rings. The molecule has 0 bridgehead atoms. The number of halogens is 6. The highest BCUT2D eigenvalue weighted by molar-refractivity contribution is 5.61. The fourth-order valence-electron chi connectivity index (χ4n) is 6.33. The number of hydrogen-bond acceptors (Lipinski definition) is 5. The molecule has 12 heteroatoms. The van der Waals surface area contributed by atoms with Crippen LogP contribution in [0.15, 0.2) is 30.3 Å². The minimum atomic E-state index is -4.94. The van der Waals surface area contributed by atoms with Crippen molar-refractivity contribution in [3.05, 3.63) is 63.7 Å². The zero-order valence-corrected chi connectivity index (χ0v) is 24.1. The predicted molar refractivity (Wildman–Crippen MR) is 148 cm³/mol. The number of rotatable bonds is 6. The van der Waals surface area contributed by atoms with Gasteiger partial charge in [0, 0.05) is 25.3 Å². The first kappa shape index (κ1) is 30.2. The van der Waals surface area contributed by atoms with Gasteiger partial charge in [-0.05, 0) is 97.2 Å². The van der Waals surface area contributed by atoms with Crippen molar-refractivity contribution in [1.82, 2.24) is 20.2 Å². The van der Waals surface area contributed by atoms with E-state index < -0.39 is 23.5 Å². The summed E-state index contributed by atoms with van der Waals surface area (Å²) in [5.74, 6) is 0.742. The van der Waals surface area contributed by atoms with E-state index in [2.05, 4.69) is 39.4 Å². The van der Waals surface area contributed by atoms with Crippen molar-refractivity contribution >= 4 is 11.6 Å². The van der Waals surface area contributed by atoms with Crippen molar-refractivity contribution < 1.29 is 26.3 Å². The van der Waals surface area contributed by atoms with Gasteiger partial charge in [0.15, 0.2) is 0 Å². The third-order valence-electron chi connectivity index (χ3n) is 8.58. The van der Waals surface area contributed by atoms with Crippen molar-refractivity contribution in [2.45, 2.75) is 83.7 Å². The summed E-state index contributed by atoms with van der Waals surface area (Å²) in [6.45, 7) is 5.55. The number of anilines is 2. The maximum Gasteiger partial charge on any atom is 0.416 e. The fraction of sp³-hybridized carbons (Fsp3) is 0.567. The summed E-state index contributed by atoms with van der Waals surface area (Å²) in [6.07, 6.45) is -2.37. The van der Waals surface area contributed by atoms with Crippen LogP contribution in [0.2, 0.25) is 0 Å². The Morgan fingerprint density at radius 1 is 0.833 bits per heavy atom. The number of nitrogens with zero attached hydrogens (tertiary/aromatic N) is 6. The lowest BCUT2D eigenvalue weighted by Crippen LogP contribution is -2.32. The van der Waals surface area contributed by atoms with Gasteiger partial charge in [-0.15, -0.1) is 5.10 Å². The Kier molecular flexibility index (Phi) is 8.44. The molecule has 3 aromatic rings. The van der Waals surface area contributed by atoms with E-state index in [0.717, 1.165) is 54.0 Å². The van der Waals surface area contributed by atoms with E-state index in [1.165, 1.54) is 36.9 Å². The number of aryl methyl sites for hydroxylation is 3. The molecule has 0 amide bonds. The van der Waals surface area contributed by atoms with E-state index in [0.29, 0.717) is 12.3 Å². The summed E-state index contributed by atoms with van der Waals surface area (Å²) < 4.78 is 82.2. The first-order chi connectivity index (χ1) is 19.8. The van der Waals surface area contributed by atoms with E-state index in [1.807, 2.05) is 6.92 Å². The first-order valence-corrected chi connectivity index (χ1v) is 14.4. The summed E-state index contributed by atoms with van der Waals surface area (Å²) in [6, 6.07) is 5.61. The molecular weight excluding hydrogens is 558 g/mol. The summed E-state index contributed by atoms with van der Waals surface area (Å²) in [4.78, 5) is 5.37. The van der Waals surface area contributed by atoms with Crippen LogP contribution in [0.5, 0.6) is 0 Å². The average molecular weight is 595 g/mol. The fourth-order valence-corrected chi connectivity index (χ4v) is 6.33. The lowest BCUT2D eigenvalue weighted by atomic mass is 9.88. The van der Waals surface area contributed by atoms with Crippen LogP contribution < -0.4 is 9.80 Å². The normalized spacial score (nSPS) is 18.6. The quantitative estimate of drug-likeness (QED) is 0.273. The molecule has 1 aliphatic carbocycles. The van der Waals surface area contributed by atoms with Gasteiger partial charge in [0.05, 0.1) is 24.2 Å². The Bertz CT molecular complexity index is 1360. The van der Waals surface area contributed by atoms with E-state index in [4.69, 9.17) is 0 Å². The van der Waals surface area contributed by atoms with Gasteiger partial charge in [0.1, 0.15) is 0 Å². The van der Waals surface area contributed by atoms with Crippen LogP contribution in [0.4, 0.5) is 38.0 Å². The summed E-state index contributed by atoms with van der Waals surface area (Å²) in [7, 11) is 1.57. The van der Waals surface area contributed by atoms with Gasteiger partial charge in [0.2, 0.25) is 0 Å². The monoisotopic (exact) mass is 594 g/mol. The van der Waals surface area contributed by atoms with Gasteiger partial charge in [-0.3, -0.25) is 0 Å². The maximum atomic E-state index is 13.7. The van der Waals surface area contributed by atoms with Crippen LogP contribution in [-0.2, 0) is 25.9 Å². The summed E-state index contributed by atoms with van der Waals surface area (Å²) in [5, 5.41) is 12.4. The largest absolute Gasteiger partial charge is 0.416 e. The number of tetrazole rings is 1. The third kappa shape index (κ3) is 6.67. The third-order valence-corrected chi connectivity index (χ3v) is 8.58. The number of hydrogen-bond donors (Lipinski definition) is 0. The first-order valence-electron chi connectivity index (χ1n) is 14.4. The molecule has 6 nitrogen and oxygen atoms in total. The van der Waals surface area contributed by atoms with Crippen LogP contribution in [0.25, 0.3) is 0 Å². The van der Waals surface area contributed by atoms with E-state index >= 15 is 0 Å². The molecule has 1 aliphatic heterocycles. The second kappa shape index (κ2) is 11.8. The minimum Gasteiger partial charge on any atom is -0.371 e. The molecule has 1 aromatic heterocycles. The molecule has 0 spiro atoms. The van der Waals surface area contributed by atoms with E-state index in [-0.39, 0.29) is 30.2 Å². The number of benzene rings is 2. The topological polar surface area (TPSA) is 50.1 Å². The molecule has 5 rings (SSSR count). The molecule has 1 saturated carbocycles. The molecular formula is C30H36F6N6. The molecule has 228 valence electrons. The molecule has 0 unspecified atom stereocenters. The van der Waals surface area contributed by atoms with Crippen molar-refractivity contribution in [2.75, 3.05) is 22.9 Å². The Labute approximate surface area is 241 Å². The molecule has 1 fully saturated rings. The molecule has 0 N–H and O–H groups in total. The van der Waals surface area contributed by atoms with Gasteiger partial charge in [0.25, 0.3) is 5.95 Å². The second-order valence-electron chi connectivity index (χ2n) is 11.7. The molecule has 0 radical (unpaired) electrons. The molecule has 42 heavy (non-hydrogen) atoms. The van der Waals surface area contributed by atoms with E-state index in [1.54, 1.807) is 11.9 Å². The highest BCUT2D eigenvalue weighted by Gasteiger charge is 2.38. The average Bonchev–Trinajstić information content (AvgIpc) is 3.29.